The molecule has 0 aromatic carbocycles. The maximum atomic E-state index is 4.19. The molecular formula is C9H12N2. The summed E-state index contributed by atoms with van der Waals surface area (Å²) in [4.78, 5) is 0. The number of rotatable bonds is 2. The number of hydrogen-bond acceptors (Lipinski definition) is 1. The van der Waals surface area contributed by atoms with Crippen LogP contribution in [-0.2, 0) is 7.05 Å². The molecule has 0 spiro atoms. The van der Waals surface area contributed by atoms with E-state index in [2.05, 4.69) is 11.7 Å². The molecule has 0 amide bonds. The van der Waals surface area contributed by atoms with Crippen LogP contribution in [0.4, 0.5) is 0 Å². The van der Waals surface area contributed by atoms with Crippen LogP contribution < -0.4 is 0 Å². The fourth-order valence-electron chi connectivity index (χ4n) is 1.48. The molecule has 0 saturated heterocycles. The van der Waals surface area contributed by atoms with Crippen molar-refractivity contribution in [3.63, 3.8) is 0 Å². The Morgan fingerprint density at radius 3 is 3.00 bits per heavy atom. The van der Waals surface area contributed by atoms with Gasteiger partial charge in [0, 0.05) is 24.2 Å². The highest BCUT2D eigenvalue weighted by Crippen LogP contribution is 2.41. The molecular weight excluding hydrogens is 136 g/mol. The van der Waals surface area contributed by atoms with Gasteiger partial charge in [0.1, 0.15) is 0 Å². The third-order valence-corrected chi connectivity index (χ3v) is 2.20. The molecule has 11 heavy (non-hydrogen) atoms. The molecule has 0 N–H and O–H groups in total. The van der Waals surface area contributed by atoms with Crippen molar-refractivity contribution in [3.8, 4) is 0 Å². The second kappa shape index (κ2) is 2.22. The molecule has 1 saturated carbocycles. The first-order valence-electron chi connectivity index (χ1n) is 3.97. The predicted octanol–water partition coefficient (Wildman–Crippen LogP) is 1.94. The van der Waals surface area contributed by atoms with Crippen molar-refractivity contribution in [2.24, 2.45) is 7.05 Å². The summed E-state index contributed by atoms with van der Waals surface area (Å²) in [6, 6.07) is 0. The average molecular weight is 148 g/mol. The third-order valence-electron chi connectivity index (χ3n) is 2.20. The van der Waals surface area contributed by atoms with E-state index in [0.29, 0.717) is 0 Å². The molecule has 58 valence electrons. The molecule has 0 atom stereocenters. The lowest BCUT2D eigenvalue weighted by molar-refractivity contribution is 0.713. The summed E-state index contributed by atoms with van der Waals surface area (Å²) >= 11 is 0. The fourth-order valence-corrected chi connectivity index (χ4v) is 1.48. The van der Waals surface area contributed by atoms with Crippen molar-refractivity contribution in [1.29, 1.82) is 0 Å². The van der Waals surface area contributed by atoms with Crippen LogP contribution in [0.2, 0.25) is 0 Å². The molecule has 1 fully saturated rings. The Labute approximate surface area is 66.5 Å². The molecule has 2 rings (SSSR count). The maximum Gasteiger partial charge on any atom is 0.0564 e. The van der Waals surface area contributed by atoms with Gasteiger partial charge in [-0.25, -0.2) is 0 Å². The summed E-state index contributed by atoms with van der Waals surface area (Å²) in [5, 5.41) is 4.19. The predicted molar refractivity (Wildman–Crippen MR) is 45.3 cm³/mol. The van der Waals surface area contributed by atoms with E-state index in [1.807, 2.05) is 24.0 Å². The van der Waals surface area contributed by atoms with E-state index in [-0.39, 0.29) is 0 Å². The summed E-state index contributed by atoms with van der Waals surface area (Å²) in [6.07, 6.45) is 6.42. The Morgan fingerprint density at radius 2 is 2.45 bits per heavy atom. The maximum absolute atomic E-state index is 4.19. The molecule has 1 aliphatic carbocycles. The molecule has 2 nitrogen and oxygen atoms in total. The lowest BCUT2D eigenvalue weighted by Crippen LogP contribution is -1.96. The van der Waals surface area contributed by atoms with Gasteiger partial charge in [-0.2, -0.15) is 5.10 Å². The molecule has 1 heterocycles. The van der Waals surface area contributed by atoms with E-state index < -0.39 is 0 Å². The van der Waals surface area contributed by atoms with Crippen LogP contribution in [-0.4, -0.2) is 9.78 Å². The Balaban J connectivity index is 2.46. The Hall–Kier alpha value is -1.05. The highest BCUT2D eigenvalue weighted by atomic mass is 15.3. The minimum atomic E-state index is 0.760. The van der Waals surface area contributed by atoms with Gasteiger partial charge in [-0.1, -0.05) is 12.7 Å². The third kappa shape index (κ3) is 0.985. The van der Waals surface area contributed by atoms with Gasteiger partial charge < -0.3 is 0 Å². The van der Waals surface area contributed by atoms with Crippen LogP contribution >= 0.6 is 0 Å². The van der Waals surface area contributed by atoms with E-state index in [0.717, 1.165) is 5.92 Å². The minimum absolute atomic E-state index is 0.760. The zero-order chi connectivity index (χ0) is 7.84. The SMILES string of the molecule is C=Cc1cnn(C)c1C1CC1. The van der Waals surface area contributed by atoms with Crippen molar-refractivity contribution in [2.45, 2.75) is 18.8 Å². The first-order chi connectivity index (χ1) is 5.33. The molecule has 0 radical (unpaired) electrons. The number of aromatic nitrogens is 2. The van der Waals surface area contributed by atoms with Crippen molar-refractivity contribution in [3.05, 3.63) is 24.0 Å². The van der Waals surface area contributed by atoms with Gasteiger partial charge >= 0.3 is 0 Å². The smallest absolute Gasteiger partial charge is 0.0564 e. The van der Waals surface area contributed by atoms with Crippen molar-refractivity contribution in [1.82, 2.24) is 9.78 Å². The van der Waals surface area contributed by atoms with Gasteiger partial charge in [-0.15, -0.1) is 0 Å². The quantitative estimate of drug-likeness (QED) is 0.626. The summed E-state index contributed by atoms with van der Waals surface area (Å²) in [5.74, 6) is 0.760. The molecule has 0 aliphatic heterocycles. The van der Waals surface area contributed by atoms with E-state index in [1.54, 1.807) is 0 Å². The molecule has 1 aliphatic rings. The van der Waals surface area contributed by atoms with Gasteiger partial charge in [0.05, 0.1) is 6.20 Å². The Morgan fingerprint density at radius 1 is 1.73 bits per heavy atom. The van der Waals surface area contributed by atoms with Crippen LogP contribution in [0, 0.1) is 0 Å². The monoisotopic (exact) mass is 148 g/mol. The van der Waals surface area contributed by atoms with Crippen LogP contribution in [0.3, 0.4) is 0 Å². The van der Waals surface area contributed by atoms with E-state index in [9.17, 15) is 0 Å². The Kier molecular flexibility index (Phi) is 1.34. The average Bonchev–Trinajstić information content (AvgIpc) is 2.76. The number of hydrogen-bond donors (Lipinski definition) is 0. The lowest BCUT2D eigenvalue weighted by atomic mass is 10.2. The van der Waals surface area contributed by atoms with E-state index in [4.69, 9.17) is 0 Å². The normalized spacial score (nSPS) is 16.8. The van der Waals surface area contributed by atoms with Crippen LogP contribution in [0.1, 0.15) is 30.0 Å². The zero-order valence-electron chi connectivity index (χ0n) is 6.75. The van der Waals surface area contributed by atoms with Gasteiger partial charge in [0.2, 0.25) is 0 Å². The number of nitrogens with zero attached hydrogens (tertiary/aromatic N) is 2. The van der Waals surface area contributed by atoms with Gasteiger partial charge in [-0.3, -0.25) is 4.68 Å². The van der Waals surface area contributed by atoms with Gasteiger partial charge in [0.25, 0.3) is 0 Å². The van der Waals surface area contributed by atoms with Crippen molar-refractivity contribution < 1.29 is 0 Å². The topological polar surface area (TPSA) is 17.8 Å². The van der Waals surface area contributed by atoms with Gasteiger partial charge in [0.15, 0.2) is 0 Å². The van der Waals surface area contributed by atoms with Gasteiger partial charge in [-0.05, 0) is 12.8 Å². The first-order valence-corrected chi connectivity index (χ1v) is 3.97. The Bertz CT molecular complexity index is 282. The standard InChI is InChI=1S/C9H12N2/c1-3-7-6-10-11(2)9(7)8-4-5-8/h3,6,8H,1,4-5H2,2H3. The summed E-state index contributed by atoms with van der Waals surface area (Å²) in [6.45, 7) is 3.76. The zero-order valence-corrected chi connectivity index (χ0v) is 6.75. The largest absolute Gasteiger partial charge is 0.272 e. The minimum Gasteiger partial charge on any atom is -0.272 e. The fraction of sp³-hybridized carbons (Fsp3) is 0.444. The molecule has 0 bridgehead atoms. The second-order valence-corrected chi connectivity index (χ2v) is 3.09. The highest BCUT2D eigenvalue weighted by molar-refractivity contribution is 5.50. The van der Waals surface area contributed by atoms with Crippen LogP contribution in [0.25, 0.3) is 6.08 Å². The molecule has 2 heteroatoms. The lowest BCUT2D eigenvalue weighted by Gasteiger charge is -1.99. The molecule has 1 aromatic rings. The second-order valence-electron chi connectivity index (χ2n) is 3.09. The van der Waals surface area contributed by atoms with E-state index in [1.165, 1.54) is 24.1 Å². The summed E-state index contributed by atoms with van der Waals surface area (Å²) < 4.78 is 1.97. The van der Waals surface area contributed by atoms with Crippen LogP contribution in [0.5, 0.6) is 0 Å². The summed E-state index contributed by atoms with van der Waals surface area (Å²) in [7, 11) is 2.00. The van der Waals surface area contributed by atoms with Crippen molar-refractivity contribution >= 4 is 6.08 Å². The highest BCUT2D eigenvalue weighted by Gasteiger charge is 2.28. The first kappa shape index (κ1) is 6.65. The van der Waals surface area contributed by atoms with E-state index >= 15 is 0 Å². The number of aryl methyl sites for hydroxylation is 1. The molecule has 0 unspecified atom stereocenters. The van der Waals surface area contributed by atoms with Crippen molar-refractivity contribution in [2.75, 3.05) is 0 Å². The van der Waals surface area contributed by atoms with Crippen LogP contribution in [0.15, 0.2) is 12.8 Å². The molecule has 1 aromatic heterocycles. The summed E-state index contributed by atoms with van der Waals surface area (Å²) in [5.41, 5.74) is 2.56.